The first-order chi connectivity index (χ1) is 5.20. The molecule has 2 atom stereocenters. The molecule has 0 aliphatic carbocycles. The molecule has 11 heavy (non-hydrogen) atoms. The van der Waals surface area contributed by atoms with Crippen molar-refractivity contribution in [2.45, 2.75) is 39.7 Å². The largest absolute Gasteiger partial charge is 0.382 e. The van der Waals surface area contributed by atoms with Crippen LogP contribution in [0, 0.1) is 12.5 Å². The van der Waals surface area contributed by atoms with E-state index in [1.807, 2.05) is 6.92 Å². The van der Waals surface area contributed by atoms with Crippen LogP contribution < -0.4 is 5.32 Å². The molecule has 0 aromatic carbocycles. The summed E-state index contributed by atoms with van der Waals surface area (Å²) in [6.45, 7) is 9.42. The molecule has 0 saturated heterocycles. The van der Waals surface area contributed by atoms with E-state index >= 15 is 0 Å². The van der Waals surface area contributed by atoms with Crippen LogP contribution in [-0.2, 0) is 0 Å². The van der Waals surface area contributed by atoms with Gasteiger partial charge < -0.3 is 10.4 Å². The molecule has 0 spiro atoms. The summed E-state index contributed by atoms with van der Waals surface area (Å²) in [5.41, 5.74) is 0. The van der Waals surface area contributed by atoms with E-state index < -0.39 is 0 Å². The van der Waals surface area contributed by atoms with Crippen LogP contribution >= 0.6 is 0 Å². The summed E-state index contributed by atoms with van der Waals surface area (Å²) in [5, 5.41) is 11.6. The number of hydrogen-bond acceptors (Lipinski definition) is 2. The summed E-state index contributed by atoms with van der Waals surface area (Å²) in [6, 6.07) is -0.000874. The highest BCUT2D eigenvalue weighted by atomic mass is 16.3. The Hall–Kier alpha value is -0.0800. The van der Waals surface area contributed by atoms with Crippen molar-refractivity contribution in [3.8, 4) is 0 Å². The average molecular weight is 157 g/mol. The van der Waals surface area contributed by atoms with Gasteiger partial charge in [0.15, 0.2) is 0 Å². The average Bonchev–Trinajstić information content (AvgIpc) is 2.04. The van der Waals surface area contributed by atoms with E-state index in [9.17, 15) is 0 Å². The van der Waals surface area contributed by atoms with Crippen LogP contribution in [0.4, 0.5) is 0 Å². The molecule has 0 aliphatic rings. The van der Waals surface area contributed by atoms with Gasteiger partial charge in [-0.25, -0.2) is 0 Å². The molecule has 0 aliphatic heterocycles. The molecular formula is C9H19NO. The van der Waals surface area contributed by atoms with Crippen LogP contribution in [0.3, 0.4) is 0 Å². The van der Waals surface area contributed by atoms with E-state index in [4.69, 9.17) is 5.11 Å². The molecule has 2 heteroatoms. The molecule has 0 aromatic rings. The van der Waals surface area contributed by atoms with Gasteiger partial charge in [-0.2, -0.15) is 0 Å². The highest BCUT2D eigenvalue weighted by Crippen LogP contribution is 2.04. The highest BCUT2D eigenvalue weighted by Gasteiger charge is 2.01. The predicted octanol–water partition coefficient (Wildman–Crippen LogP) is 1.81. The Balaban J connectivity index is 3.13. The topological polar surface area (TPSA) is 32.3 Å². The monoisotopic (exact) mass is 157 g/mol. The first-order valence-electron chi connectivity index (χ1n) is 4.33. The van der Waals surface area contributed by atoms with Gasteiger partial charge in [-0.1, -0.05) is 20.3 Å². The molecule has 0 fully saturated rings. The molecular weight excluding hydrogens is 138 g/mol. The van der Waals surface area contributed by atoms with Gasteiger partial charge in [-0.15, -0.1) is 0 Å². The van der Waals surface area contributed by atoms with Gasteiger partial charge in [0.1, 0.15) is 6.61 Å². The number of rotatable bonds is 6. The van der Waals surface area contributed by atoms with E-state index in [1.165, 1.54) is 12.8 Å². The second-order valence-electron chi connectivity index (χ2n) is 3.11. The molecule has 0 amide bonds. The molecule has 2 N–H and O–H groups in total. The quantitative estimate of drug-likeness (QED) is 0.616. The fourth-order valence-electron chi connectivity index (χ4n) is 0.796. The van der Waals surface area contributed by atoms with Crippen molar-refractivity contribution in [3.05, 3.63) is 6.61 Å². The first kappa shape index (κ1) is 10.9. The van der Waals surface area contributed by atoms with Crippen molar-refractivity contribution in [2.24, 2.45) is 5.92 Å². The second kappa shape index (κ2) is 6.62. The van der Waals surface area contributed by atoms with Crippen LogP contribution in [-0.4, -0.2) is 17.7 Å². The Morgan fingerprint density at radius 3 is 2.55 bits per heavy atom. The number of nitrogens with one attached hydrogen (secondary N) is 1. The fraction of sp³-hybridized carbons (Fsp3) is 0.889. The third-order valence-electron chi connectivity index (χ3n) is 1.98. The number of aliphatic hydroxyl groups excluding tert-OH is 1. The van der Waals surface area contributed by atoms with Crippen LogP contribution in [0.1, 0.15) is 33.6 Å². The SMILES string of the molecule is CCC(C)CCNC(C)[C]O. The Labute approximate surface area is 70.0 Å². The first-order valence-corrected chi connectivity index (χ1v) is 4.33. The maximum atomic E-state index is 8.44. The third kappa shape index (κ3) is 6.32. The Bertz CT molecular complexity index is 75.6. The molecule has 0 heterocycles. The fourth-order valence-corrected chi connectivity index (χ4v) is 0.796. The van der Waals surface area contributed by atoms with Gasteiger partial charge in [0.25, 0.3) is 0 Å². The normalized spacial score (nSPS) is 16.4. The molecule has 2 nitrogen and oxygen atoms in total. The molecule has 0 saturated carbocycles. The summed E-state index contributed by atoms with van der Waals surface area (Å²) in [6.07, 6.45) is 2.39. The van der Waals surface area contributed by atoms with Crippen molar-refractivity contribution in [1.29, 1.82) is 0 Å². The molecule has 0 rings (SSSR count). The van der Waals surface area contributed by atoms with Crippen molar-refractivity contribution in [1.82, 2.24) is 5.32 Å². The predicted molar refractivity (Wildman–Crippen MR) is 46.7 cm³/mol. The van der Waals surface area contributed by atoms with E-state index in [1.54, 1.807) is 0 Å². The lowest BCUT2D eigenvalue weighted by Crippen LogP contribution is -2.28. The van der Waals surface area contributed by atoms with E-state index in [0.717, 1.165) is 12.5 Å². The molecule has 0 aromatic heterocycles. The molecule has 2 radical (unpaired) electrons. The van der Waals surface area contributed by atoms with Crippen LogP contribution in [0.5, 0.6) is 0 Å². The van der Waals surface area contributed by atoms with Gasteiger partial charge in [0.2, 0.25) is 0 Å². The molecule has 2 unspecified atom stereocenters. The number of aliphatic hydroxyl groups is 1. The standard InChI is InChI=1S/C9H19NO/c1-4-8(2)5-6-10-9(3)7-11/h8-11H,4-6H2,1-3H3. The zero-order chi connectivity index (χ0) is 8.69. The van der Waals surface area contributed by atoms with Crippen LogP contribution in [0.2, 0.25) is 0 Å². The van der Waals surface area contributed by atoms with Gasteiger partial charge >= 0.3 is 0 Å². The Morgan fingerprint density at radius 1 is 1.45 bits per heavy atom. The minimum absolute atomic E-state index is 0.000874. The zero-order valence-electron chi connectivity index (χ0n) is 7.72. The summed E-state index contributed by atoms with van der Waals surface area (Å²) < 4.78 is 0. The lowest BCUT2D eigenvalue weighted by molar-refractivity contribution is 0.330. The lowest BCUT2D eigenvalue weighted by Gasteiger charge is -2.12. The smallest absolute Gasteiger partial charge is 0.146 e. The molecule has 66 valence electrons. The van der Waals surface area contributed by atoms with Crippen molar-refractivity contribution in [2.75, 3.05) is 6.54 Å². The minimum Gasteiger partial charge on any atom is -0.382 e. The zero-order valence-corrected chi connectivity index (χ0v) is 7.72. The molecule has 0 bridgehead atoms. The summed E-state index contributed by atoms with van der Waals surface area (Å²) in [4.78, 5) is 0. The van der Waals surface area contributed by atoms with Gasteiger partial charge in [0, 0.05) is 6.04 Å². The summed E-state index contributed by atoms with van der Waals surface area (Å²) >= 11 is 0. The summed E-state index contributed by atoms with van der Waals surface area (Å²) in [7, 11) is 0. The summed E-state index contributed by atoms with van der Waals surface area (Å²) in [5.74, 6) is 0.772. The van der Waals surface area contributed by atoms with Gasteiger partial charge in [-0.3, -0.25) is 0 Å². The second-order valence-corrected chi connectivity index (χ2v) is 3.11. The van der Waals surface area contributed by atoms with Gasteiger partial charge in [-0.05, 0) is 25.8 Å². The van der Waals surface area contributed by atoms with Crippen LogP contribution in [0.25, 0.3) is 0 Å². The van der Waals surface area contributed by atoms with Crippen molar-refractivity contribution in [3.63, 3.8) is 0 Å². The highest BCUT2D eigenvalue weighted by molar-refractivity contribution is 4.67. The Kier molecular flexibility index (Phi) is 6.57. The number of hydrogen-bond donors (Lipinski definition) is 2. The van der Waals surface area contributed by atoms with E-state index in [-0.39, 0.29) is 6.04 Å². The van der Waals surface area contributed by atoms with E-state index in [2.05, 4.69) is 25.8 Å². The lowest BCUT2D eigenvalue weighted by atomic mass is 10.1. The van der Waals surface area contributed by atoms with Gasteiger partial charge in [0.05, 0.1) is 0 Å². The Morgan fingerprint density at radius 2 is 2.09 bits per heavy atom. The maximum absolute atomic E-state index is 8.44. The third-order valence-corrected chi connectivity index (χ3v) is 1.98. The maximum Gasteiger partial charge on any atom is 0.146 e. The van der Waals surface area contributed by atoms with Crippen molar-refractivity contribution >= 4 is 0 Å². The van der Waals surface area contributed by atoms with Crippen LogP contribution in [0.15, 0.2) is 0 Å². The minimum atomic E-state index is -0.000874. The van der Waals surface area contributed by atoms with E-state index in [0.29, 0.717) is 0 Å². The van der Waals surface area contributed by atoms with Crippen molar-refractivity contribution < 1.29 is 5.11 Å².